The average Bonchev–Trinajstić information content (AvgIpc) is 3.38. The second kappa shape index (κ2) is 13.1. The maximum Gasteiger partial charge on any atom is 0.337 e. The quantitative estimate of drug-likeness (QED) is 0.308. The molecule has 1 fully saturated rings. The molecule has 192 valence electrons. The van der Waals surface area contributed by atoms with Gasteiger partial charge in [0.15, 0.2) is 10.8 Å². The smallest absolute Gasteiger partial charge is 0.337 e. The van der Waals surface area contributed by atoms with Crippen LogP contribution in [0.1, 0.15) is 25.3 Å². The number of amidine groups is 1. The lowest BCUT2D eigenvalue weighted by Gasteiger charge is -2.42. The first-order valence-corrected chi connectivity index (χ1v) is 13.2. The summed E-state index contributed by atoms with van der Waals surface area (Å²) in [5.41, 5.74) is 2.89. The summed E-state index contributed by atoms with van der Waals surface area (Å²) < 4.78 is 5.28. The predicted octanol–water partition coefficient (Wildman–Crippen LogP) is 1.30. The van der Waals surface area contributed by atoms with E-state index in [0.29, 0.717) is 44.1 Å². The molecule has 10 nitrogen and oxygen atoms in total. The third-order valence-electron chi connectivity index (χ3n) is 6.32. The molecule has 1 saturated heterocycles. The standard InChI is InChI=1S/C23H34N6O4S2/c1-4-16(22(30)31)11-29(15-34)13-17-12-28(8-7-27(17)3)14-19-18(23(32)33-5-2)10-25-20(26-19)21-24-6-9-35-21/h6,9,15-17H,4-5,7-8,10-14H2,1-3H3,(H,25,26)(H,30,31). The number of carbonyl (C=O) groups is 2. The number of likely N-dealkylation sites (N-methyl/N-ethyl adjacent to an activating group) is 1. The third-order valence-corrected chi connectivity index (χ3v) is 7.40. The number of carboxylic acids is 1. The number of carbonyl (C=O) groups excluding carboxylic acids is 1. The molecular formula is C23H34N6O4S2. The molecule has 0 radical (unpaired) electrons. The van der Waals surface area contributed by atoms with E-state index in [2.05, 4.69) is 32.1 Å². The highest BCUT2D eigenvalue weighted by atomic mass is 32.1. The Balaban J connectivity index is 1.71. The number of hydrogen-bond donors (Lipinski definition) is 2. The minimum absolute atomic E-state index is 0.164. The summed E-state index contributed by atoms with van der Waals surface area (Å²) in [5.74, 6) is -0.937. The Morgan fingerprint density at radius 1 is 1.43 bits per heavy atom. The molecule has 2 aliphatic rings. The fraction of sp³-hybridized carbons (Fsp3) is 0.609. The summed E-state index contributed by atoms with van der Waals surface area (Å²) in [5, 5.41) is 15.5. The highest BCUT2D eigenvalue weighted by Gasteiger charge is 2.30. The number of aliphatic imine (C=N–C) groups is 1. The van der Waals surface area contributed by atoms with Crippen LogP contribution in [0.3, 0.4) is 0 Å². The van der Waals surface area contributed by atoms with Gasteiger partial charge < -0.3 is 20.1 Å². The van der Waals surface area contributed by atoms with E-state index >= 15 is 0 Å². The number of esters is 1. The van der Waals surface area contributed by atoms with Crippen LogP contribution in [0.25, 0.3) is 0 Å². The number of hydrogen-bond acceptors (Lipinski definition) is 10. The number of nitrogens with one attached hydrogen (secondary N) is 1. The zero-order valence-corrected chi connectivity index (χ0v) is 22.1. The molecule has 0 saturated carbocycles. The van der Waals surface area contributed by atoms with Crippen molar-refractivity contribution in [1.82, 2.24) is 25.0 Å². The fourth-order valence-electron chi connectivity index (χ4n) is 4.18. The van der Waals surface area contributed by atoms with Gasteiger partial charge in [0, 0.05) is 62.6 Å². The highest BCUT2D eigenvalue weighted by molar-refractivity contribution is 7.78. The lowest BCUT2D eigenvalue weighted by Crippen LogP contribution is -2.56. The van der Waals surface area contributed by atoms with Crippen LogP contribution < -0.4 is 5.32 Å². The summed E-state index contributed by atoms with van der Waals surface area (Å²) in [6.45, 7) is 8.25. The van der Waals surface area contributed by atoms with E-state index in [1.807, 2.05) is 17.2 Å². The van der Waals surface area contributed by atoms with Gasteiger partial charge in [-0.15, -0.1) is 11.3 Å². The van der Waals surface area contributed by atoms with Crippen LogP contribution in [-0.4, -0.2) is 114 Å². The number of aromatic nitrogens is 1. The van der Waals surface area contributed by atoms with Gasteiger partial charge >= 0.3 is 11.9 Å². The maximum atomic E-state index is 12.6. The highest BCUT2D eigenvalue weighted by Crippen LogP contribution is 2.18. The molecule has 0 spiro atoms. The molecular weight excluding hydrogens is 488 g/mol. The van der Waals surface area contributed by atoms with E-state index in [0.717, 1.165) is 30.3 Å². The first-order chi connectivity index (χ1) is 16.9. The SMILES string of the molecule is CCOC(=O)C1=C(CN2CCN(C)C(CN(C=S)CC(CC)C(=O)O)C2)NC(c2nccs2)=NC1. The molecule has 3 rings (SSSR count). The second-order valence-corrected chi connectivity index (χ2v) is 9.78. The Labute approximate surface area is 215 Å². The molecule has 2 unspecified atom stereocenters. The van der Waals surface area contributed by atoms with E-state index in [-0.39, 0.29) is 18.6 Å². The van der Waals surface area contributed by atoms with Gasteiger partial charge in [0.2, 0.25) is 0 Å². The van der Waals surface area contributed by atoms with Crippen LogP contribution in [0, 0.1) is 5.92 Å². The number of carboxylic acid groups (broad SMARTS) is 1. The van der Waals surface area contributed by atoms with Crippen LogP contribution in [0.15, 0.2) is 27.8 Å². The van der Waals surface area contributed by atoms with E-state index in [9.17, 15) is 14.7 Å². The van der Waals surface area contributed by atoms with Crippen LogP contribution in [0.2, 0.25) is 0 Å². The Morgan fingerprint density at radius 2 is 2.23 bits per heavy atom. The molecule has 35 heavy (non-hydrogen) atoms. The van der Waals surface area contributed by atoms with Gasteiger partial charge in [-0.25, -0.2) is 9.78 Å². The third kappa shape index (κ3) is 7.29. The summed E-state index contributed by atoms with van der Waals surface area (Å²) in [4.78, 5) is 39.5. The number of nitrogens with zero attached hydrogens (tertiary/aromatic N) is 5. The molecule has 0 bridgehead atoms. The molecule has 2 aliphatic heterocycles. The minimum Gasteiger partial charge on any atom is -0.481 e. The maximum absolute atomic E-state index is 12.6. The van der Waals surface area contributed by atoms with E-state index < -0.39 is 11.9 Å². The number of rotatable bonds is 12. The zero-order valence-electron chi connectivity index (χ0n) is 20.5. The molecule has 1 aromatic heterocycles. The van der Waals surface area contributed by atoms with Crippen molar-refractivity contribution >= 4 is 46.8 Å². The number of piperazine rings is 1. The van der Waals surface area contributed by atoms with Crippen molar-refractivity contribution in [3.8, 4) is 0 Å². The molecule has 0 amide bonds. The summed E-state index contributed by atoms with van der Waals surface area (Å²) in [6, 6.07) is 0.164. The summed E-state index contributed by atoms with van der Waals surface area (Å²) in [7, 11) is 2.08. The first kappa shape index (κ1) is 27.2. The van der Waals surface area contributed by atoms with Gasteiger partial charge in [0.1, 0.15) is 0 Å². The van der Waals surface area contributed by atoms with Crippen molar-refractivity contribution in [2.75, 3.05) is 59.5 Å². The monoisotopic (exact) mass is 522 g/mol. The Kier molecular flexibility index (Phi) is 10.1. The number of thiazole rings is 1. The lowest BCUT2D eigenvalue weighted by atomic mass is 10.1. The van der Waals surface area contributed by atoms with Crippen molar-refractivity contribution in [3.05, 3.63) is 27.9 Å². The van der Waals surface area contributed by atoms with Crippen molar-refractivity contribution in [2.24, 2.45) is 10.9 Å². The topological polar surface area (TPSA) is 111 Å². The van der Waals surface area contributed by atoms with Gasteiger partial charge in [0.05, 0.1) is 30.1 Å². The Bertz CT molecular complexity index is 952. The summed E-state index contributed by atoms with van der Waals surface area (Å²) >= 11 is 6.70. The first-order valence-electron chi connectivity index (χ1n) is 11.8. The van der Waals surface area contributed by atoms with Crippen LogP contribution in [0.4, 0.5) is 0 Å². The second-order valence-electron chi connectivity index (χ2n) is 8.68. The van der Waals surface area contributed by atoms with E-state index in [1.165, 1.54) is 11.3 Å². The molecule has 0 aromatic carbocycles. The van der Waals surface area contributed by atoms with Crippen LogP contribution >= 0.6 is 23.6 Å². The predicted molar refractivity (Wildman–Crippen MR) is 140 cm³/mol. The normalized spacial score (nSPS) is 20.1. The Hall–Kier alpha value is -2.41. The molecule has 12 heteroatoms. The summed E-state index contributed by atoms with van der Waals surface area (Å²) in [6.07, 6.45) is 2.29. The lowest BCUT2D eigenvalue weighted by molar-refractivity contribution is -0.142. The van der Waals surface area contributed by atoms with Crippen LogP contribution in [-0.2, 0) is 14.3 Å². The van der Waals surface area contributed by atoms with E-state index in [1.54, 1.807) is 18.6 Å². The minimum atomic E-state index is -0.799. The molecule has 2 atom stereocenters. The van der Waals surface area contributed by atoms with Gasteiger partial charge in [-0.2, -0.15) is 0 Å². The largest absolute Gasteiger partial charge is 0.481 e. The number of thiocarbonyl (C=S) groups is 1. The van der Waals surface area contributed by atoms with E-state index in [4.69, 9.17) is 17.0 Å². The van der Waals surface area contributed by atoms with Crippen molar-refractivity contribution in [1.29, 1.82) is 0 Å². The average molecular weight is 523 g/mol. The number of aliphatic carboxylic acids is 1. The van der Waals surface area contributed by atoms with Crippen molar-refractivity contribution in [3.63, 3.8) is 0 Å². The van der Waals surface area contributed by atoms with Crippen molar-refractivity contribution in [2.45, 2.75) is 26.3 Å². The molecule has 0 aliphatic carbocycles. The van der Waals surface area contributed by atoms with Gasteiger partial charge in [0.25, 0.3) is 0 Å². The van der Waals surface area contributed by atoms with Crippen LogP contribution in [0.5, 0.6) is 0 Å². The van der Waals surface area contributed by atoms with Gasteiger partial charge in [-0.1, -0.05) is 19.1 Å². The number of ether oxygens (including phenoxy) is 1. The fourth-order valence-corrected chi connectivity index (χ4v) is 4.96. The molecule has 3 heterocycles. The van der Waals surface area contributed by atoms with Gasteiger partial charge in [-0.05, 0) is 20.4 Å². The molecule has 2 N–H and O–H groups in total. The molecule has 1 aromatic rings. The zero-order chi connectivity index (χ0) is 25.4. The Morgan fingerprint density at radius 3 is 2.86 bits per heavy atom. The van der Waals surface area contributed by atoms with Crippen molar-refractivity contribution < 1.29 is 19.4 Å². The van der Waals surface area contributed by atoms with Gasteiger partial charge in [-0.3, -0.25) is 19.6 Å².